The van der Waals surface area contributed by atoms with E-state index in [4.69, 9.17) is 0 Å². The number of nitrogens with one attached hydrogen (secondary N) is 1. The zero-order chi connectivity index (χ0) is 15.5. The molecule has 5 heteroatoms. The van der Waals surface area contributed by atoms with Crippen molar-refractivity contribution in [1.82, 2.24) is 4.90 Å². The largest absolute Gasteiger partial charge is 0.330 e. The van der Waals surface area contributed by atoms with Crippen LogP contribution in [-0.4, -0.2) is 23.3 Å². The van der Waals surface area contributed by atoms with Crippen molar-refractivity contribution in [2.75, 3.05) is 11.9 Å². The zero-order valence-electron chi connectivity index (χ0n) is 11.9. The Morgan fingerprint density at radius 3 is 2.45 bits per heavy atom. The van der Waals surface area contributed by atoms with Crippen LogP contribution in [0.15, 0.2) is 53.0 Å². The highest BCUT2D eigenvalue weighted by molar-refractivity contribution is 9.10. The molecule has 22 heavy (non-hydrogen) atoms. The fourth-order valence-electron chi connectivity index (χ4n) is 2.55. The lowest BCUT2D eigenvalue weighted by Gasteiger charge is -2.28. The van der Waals surface area contributed by atoms with Gasteiger partial charge in [0.2, 0.25) is 0 Å². The molecule has 1 aliphatic heterocycles. The van der Waals surface area contributed by atoms with E-state index in [2.05, 4.69) is 27.3 Å². The van der Waals surface area contributed by atoms with E-state index in [1.54, 1.807) is 11.0 Å². The van der Waals surface area contributed by atoms with E-state index in [1.807, 2.05) is 36.4 Å². The summed E-state index contributed by atoms with van der Waals surface area (Å²) in [5.41, 5.74) is 2.95. The Morgan fingerprint density at radius 2 is 1.68 bits per heavy atom. The van der Waals surface area contributed by atoms with E-state index < -0.39 is 11.8 Å². The molecule has 0 saturated carbocycles. The van der Waals surface area contributed by atoms with Gasteiger partial charge in [-0.1, -0.05) is 36.4 Å². The van der Waals surface area contributed by atoms with Crippen LogP contribution in [0.25, 0.3) is 0 Å². The standard InChI is InChI=1S/C17H15BrN2O2/c18-14-7-3-4-8-15(14)19-16(21)17(22)20-10-9-12-5-1-2-6-13(12)11-20/h1-8H,9-11H2,(H,19,21). The fraction of sp³-hybridized carbons (Fsp3) is 0.176. The lowest BCUT2D eigenvalue weighted by Crippen LogP contribution is -2.42. The second-order valence-corrected chi connectivity index (χ2v) is 6.03. The molecule has 0 saturated heterocycles. The molecule has 3 rings (SSSR count). The van der Waals surface area contributed by atoms with Crippen LogP contribution in [0.5, 0.6) is 0 Å². The third-order valence-corrected chi connectivity index (χ3v) is 4.43. The molecule has 2 amide bonds. The summed E-state index contributed by atoms with van der Waals surface area (Å²) in [4.78, 5) is 26.1. The van der Waals surface area contributed by atoms with Crippen LogP contribution in [-0.2, 0) is 22.6 Å². The zero-order valence-corrected chi connectivity index (χ0v) is 13.5. The second-order valence-electron chi connectivity index (χ2n) is 5.18. The van der Waals surface area contributed by atoms with Crippen LogP contribution >= 0.6 is 15.9 Å². The number of amides is 2. The van der Waals surface area contributed by atoms with Crippen LogP contribution in [0.4, 0.5) is 5.69 Å². The smallest absolute Gasteiger partial charge is 0.313 e. The normalized spacial score (nSPS) is 13.4. The Kier molecular flexibility index (Phi) is 4.24. The van der Waals surface area contributed by atoms with Gasteiger partial charge in [0.15, 0.2) is 0 Å². The van der Waals surface area contributed by atoms with E-state index in [0.717, 1.165) is 16.5 Å². The van der Waals surface area contributed by atoms with Gasteiger partial charge in [-0.2, -0.15) is 0 Å². The van der Waals surface area contributed by atoms with E-state index in [1.165, 1.54) is 5.56 Å². The lowest BCUT2D eigenvalue weighted by molar-refractivity contribution is -0.143. The molecule has 1 heterocycles. The number of hydrogen-bond acceptors (Lipinski definition) is 2. The lowest BCUT2D eigenvalue weighted by atomic mass is 10.00. The van der Waals surface area contributed by atoms with Gasteiger partial charge in [0.25, 0.3) is 0 Å². The minimum atomic E-state index is -0.605. The maximum Gasteiger partial charge on any atom is 0.313 e. The third kappa shape index (κ3) is 3.04. The number of benzene rings is 2. The maximum atomic E-state index is 12.3. The summed E-state index contributed by atoms with van der Waals surface area (Å²) in [5.74, 6) is -1.10. The number of halogens is 1. The molecule has 0 fully saturated rings. The number of nitrogens with zero attached hydrogens (tertiary/aromatic N) is 1. The van der Waals surface area contributed by atoms with Gasteiger partial charge >= 0.3 is 11.8 Å². The molecule has 2 aromatic carbocycles. The summed E-state index contributed by atoms with van der Waals surface area (Å²) in [6.45, 7) is 1.05. The number of rotatable bonds is 1. The van der Waals surface area contributed by atoms with Crippen molar-refractivity contribution in [3.05, 3.63) is 64.1 Å². The highest BCUT2D eigenvalue weighted by Crippen LogP contribution is 2.22. The summed E-state index contributed by atoms with van der Waals surface area (Å²) in [6, 6.07) is 15.2. The van der Waals surface area contributed by atoms with Crippen molar-refractivity contribution in [2.45, 2.75) is 13.0 Å². The summed E-state index contributed by atoms with van der Waals surface area (Å²) in [6.07, 6.45) is 0.782. The Labute approximate surface area is 137 Å². The SMILES string of the molecule is O=C(Nc1ccccc1Br)C(=O)N1CCc2ccccc2C1. The molecular formula is C17H15BrN2O2. The van der Waals surface area contributed by atoms with Crippen molar-refractivity contribution < 1.29 is 9.59 Å². The monoisotopic (exact) mass is 358 g/mol. The molecule has 0 aromatic heterocycles. The van der Waals surface area contributed by atoms with Crippen molar-refractivity contribution in [3.8, 4) is 0 Å². The van der Waals surface area contributed by atoms with Crippen LogP contribution in [0.3, 0.4) is 0 Å². The molecule has 0 bridgehead atoms. The molecule has 0 aliphatic carbocycles. The Morgan fingerprint density at radius 1 is 1.00 bits per heavy atom. The molecule has 0 unspecified atom stereocenters. The van der Waals surface area contributed by atoms with Crippen LogP contribution in [0, 0.1) is 0 Å². The first-order valence-electron chi connectivity index (χ1n) is 7.07. The maximum absolute atomic E-state index is 12.3. The Hall–Kier alpha value is -2.14. The van der Waals surface area contributed by atoms with Gasteiger partial charge in [0.1, 0.15) is 0 Å². The molecule has 112 valence electrons. The van der Waals surface area contributed by atoms with Crippen LogP contribution in [0.1, 0.15) is 11.1 Å². The minimum Gasteiger partial charge on any atom is -0.330 e. The topological polar surface area (TPSA) is 49.4 Å². The summed E-state index contributed by atoms with van der Waals surface area (Å²) >= 11 is 3.35. The predicted octanol–water partition coefficient (Wildman–Crippen LogP) is 2.97. The summed E-state index contributed by atoms with van der Waals surface area (Å²) in [7, 11) is 0. The molecule has 1 N–H and O–H groups in total. The Balaban J connectivity index is 1.70. The van der Waals surface area contributed by atoms with Gasteiger partial charge in [0.05, 0.1) is 5.69 Å². The molecule has 0 spiro atoms. The van der Waals surface area contributed by atoms with Crippen molar-refractivity contribution in [3.63, 3.8) is 0 Å². The third-order valence-electron chi connectivity index (χ3n) is 3.73. The van der Waals surface area contributed by atoms with Crippen LogP contribution in [0.2, 0.25) is 0 Å². The average Bonchev–Trinajstić information content (AvgIpc) is 2.55. The first-order valence-corrected chi connectivity index (χ1v) is 7.86. The van der Waals surface area contributed by atoms with Gasteiger partial charge in [-0.3, -0.25) is 9.59 Å². The average molecular weight is 359 g/mol. The van der Waals surface area contributed by atoms with Crippen molar-refractivity contribution >= 4 is 33.4 Å². The van der Waals surface area contributed by atoms with E-state index in [9.17, 15) is 9.59 Å². The Bertz CT molecular complexity index is 730. The van der Waals surface area contributed by atoms with E-state index in [-0.39, 0.29) is 0 Å². The number of fused-ring (bicyclic) bond motifs is 1. The molecule has 1 aliphatic rings. The van der Waals surface area contributed by atoms with Gasteiger partial charge in [-0.25, -0.2) is 0 Å². The van der Waals surface area contributed by atoms with Crippen LogP contribution < -0.4 is 5.32 Å². The van der Waals surface area contributed by atoms with E-state index in [0.29, 0.717) is 18.8 Å². The molecule has 0 radical (unpaired) electrons. The molecule has 4 nitrogen and oxygen atoms in total. The summed E-state index contributed by atoms with van der Waals surface area (Å²) < 4.78 is 0.750. The minimum absolute atomic E-state index is 0.485. The highest BCUT2D eigenvalue weighted by atomic mass is 79.9. The van der Waals surface area contributed by atoms with Crippen molar-refractivity contribution in [1.29, 1.82) is 0 Å². The molecular weight excluding hydrogens is 344 g/mol. The first kappa shape index (κ1) is 14.8. The fourth-order valence-corrected chi connectivity index (χ4v) is 2.93. The van der Waals surface area contributed by atoms with Gasteiger partial charge in [0, 0.05) is 17.6 Å². The number of anilines is 1. The predicted molar refractivity (Wildman–Crippen MR) is 88.3 cm³/mol. The van der Waals surface area contributed by atoms with E-state index >= 15 is 0 Å². The molecule has 2 aromatic rings. The quantitative estimate of drug-likeness (QED) is 0.796. The molecule has 0 atom stereocenters. The van der Waals surface area contributed by atoms with Gasteiger partial charge < -0.3 is 10.2 Å². The van der Waals surface area contributed by atoms with Gasteiger partial charge in [-0.05, 0) is 45.6 Å². The second kappa shape index (κ2) is 6.32. The van der Waals surface area contributed by atoms with Crippen molar-refractivity contribution in [2.24, 2.45) is 0 Å². The summed E-state index contributed by atoms with van der Waals surface area (Å²) in [5, 5.41) is 2.65. The number of carbonyl (C=O) groups excluding carboxylic acids is 2. The highest BCUT2D eigenvalue weighted by Gasteiger charge is 2.25. The number of carbonyl (C=O) groups is 2. The van der Waals surface area contributed by atoms with Gasteiger partial charge in [-0.15, -0.1) is 0 Å². The number of para-hydroxylation sites is 1. The first-order chi connectivity index (χ1) is 10.6. The number of hydrogen-bond donors (Lipinski definition) is 1.